The lowest BCUT2D eigenvalue weighted by atomic mass is 9.93. The molecule has 1 N–H and O–H groups in total. The minimum Gasteiger partial charge on any atom is -0.493 e. The topological polar surface area (TPSA) is 55.4 Å². The van der Waals surface area contributed by atoms with Crippen molar-refractivity contribution in [2.75, 3.05) is 11.3 Å². The van der Waals surface area contributed by atoms with Gasteiger partial charge in [-0.05, 0) is 61.1 Å². The lowest BCUT2D eigenvalue weighted by Crippen LogP contribution is -2.14. The van der Waals surface area contributed by atoms with Gasteiger partial charge < -0.3 is 4.74 Å². The third-order valence-electron chi connectivity index (χ3n) is 4.26. The van der Waals surface area contributed by atoms with Crippen molar-refractivity contribution in [1.82, 2.24) is 0 Å². The van der Waals surface area contributed by atoms with E-state index in [2.05, 4.69) is 32.4 Å². The highest BCUT2D eigenvalue weighted by molar-refractivity contribution is 7.92. The molecule has 4 nitrogen and oxygen atoms in total. The Balaban J connectivity index is 2.50. The van der Waals surface area contributed by atoms with E-state index < -0.39 is 10.0 Å². The zero-order valence-electron chi connectivity index (χ0n) is 16.5. The van der Waals surface area contributed by atoms with Gasteiger partial charge in [0.05, 0.1) is 11.5 Å². The molecule has 0 saturated heterocycles. The summed E-state index contributed by atoms with van der Waals surface area (Å²) >= 11 is 0. The Labute approximate surface area is 157 Å². The van der Waals surface area contributed by atoms with E-state index in [-0.39, 0.29) is 16.7 Å². The molecule has 2 rings (SSSR count). The predicted octanol–water partition coefficient (Wildman–Crippen LogP) is 5.44. The van der Waals surface area contributed by atoms with Crippen LogP contribution in [0.3, 0.4) is 0 Å². The molecule has 0 atom stereocenters. The number of aryl methyl sites for hydroxylation is 1. The van der Waals surface area contributed by atoms with Crippen LogP contribution in [-0.2, 0) is 10.0 Å². The summed E-state index contributed by atoms with van der Waals surface area (Å²) in [5, 5.41) is 0. The molecule has 0 unspecified atom stereocenters. The molecule has 0 aliphatic rings. The fraction of sp³-hybridized carbons (Fsp3) is 0.429. The maximum absolute atomic E-state index is 12.7. The number of hydrogen-bond donors (Lipinski definition) is 1. The number of hydrogen-bond acceptors (Lipinski definition) is 3. The van der Waals surface area contributed by atoms with Crippen LogP contribution in [0.4, 0.5) is 5.69 Å². The van der Waals surface area contributed by atoms with Crippen LogP contribution < -0.4 is 9.46 Å². The van der Waals surface area contributed by atoms with Gasteiger partial charge in [0, 0.05) is 5.69 Å². The van der Waals surface area contributed by atoms with Gasteiger partial charge >= 0.3 is 0 Å². The molecule has 0 aromatic heterocycles. The van der Waals surface area contributed by atoms with Crippen molar-refractivity contribution >= 4 is 15.7 Å². The van der Waals surface area contributed by atoms with E-state index in [4.69, 9.17) is 4.74 Å². The quantitative estimate of drug-likeness (QED) is 0.701. The highest BCUT2D eigenvalue weighted by Gasteiger charge is 2.20. The van der Waals surface area contributed by atoms with Gasteiger partial charge in [-0.1, -0.05) is 45.4 Å². The summed E-state index contributed by atoms with van der Waals surface area (Å²) in [5.74, 6) is 1.31. The maximum atomic E-state index is 12.7. The third kappa shape index (κ3) is 4.58. The first-order valence-corrected chi connectivity index (χ1v) is 10.5. The van der Waals surface area contributed by atoms with Crippen LogP contribution in [0.2, 0.25) is 0 Å². The summed E-state index contributed by atoms with van der Waals surface area (Å²) in [6.07, 6.45) is 0. The second kappa shape index (κ2) is 8.12. The largest absolute Gasteiger partial charge is 0.493 e. The average Bonchev–Trinajstić information content (AvgIpc) is 2.55. The minimum atomic E-state index is -3.63. The van der Waals surface area contributed by atoms with Crippen molar-refractivity contribution in [1.29, 1.82) is 0 Å². The Morgan fingerprint density at radius 3 is 1.88 bits per heavy atom. The fourth-order valence-electron chi connectivity index (χ4n) is 2.83. The van der Waals surface area contributed by atoms with Crippen LogP contribution in [-0.4, -0.2) is 15.0 Å². The van der Waals surface area contributed by atoms with Crippen LogP contribution in [0.25, 0.3) is 0 Å². The second-order valence-electron chi connectivity index (χ2n) is 7.14. The SMILES string of the molecule is CCOc1c(C(C)C)cc(NS(=O)(=O)c2ccc(C)cc2)cc1C(C)C. The average molecular weight is 376 g/mol. The molecular weight excluding hydrogens is 346 g/mol. The summed E-state index contributed by atoms with van der Waals surface area (Å²) < 4.78 is 34.1. The van der Waals surface area contributed by atoms with E-state index in [0.29, 0.717) is 12.3 Å². The van der Waals surface area contributed by atoms with Crippen LogP contribution >= 0.6 is 0 Å². The monoisotopic (exact) mass is 375 g/mol. The van der Waals surface area contributed by atoms with Crippen molar-refractivity contribution in [3.8, 4) is 5.75 Å². The predicted molar refractivity (Wildman–Crippen MR) is 108 cm³/mol. The molecular formula is C21H29NO3S. The number of ether oxygens (including phenoxy) is 1. The number of anilines is 1. The van der Waals surface area contributed by atoms with Gasteiger partial charge in [0.1, 0.15) is 5.75 Å². The van der Waals surface area contributed by atoms with Crippen molar-refractivity contribution < 1.29 is 13.2 Å². The normalized spacial score (nSPS) is 11.8. The highest BCUT2D eigenvalue weighted by atomic mass is 32.2. The van der Waals surface area contributed by atoms with Crippen LogP contribution in [0.5, 0.6) is 5.75 Å². The van der Waals surface area contributed by atoms with Gasteiger partial charge in [-0.3, -0.25) is 4.72 Å². The van der Waals surface area contributed by atoms with E-state index in [1.807, 2.05) is 26.0 Å². The molecule has 2 aromatic rings. The summed E-state index contributed by atoms with van der Waals surface area (Å²) in [5.41, 5.74) is 3.62. The first kappa shape index (κ1) is 20.3. The zero-order valence-corrected chi connectivity index (χ0v) is 17.3. The number of benzene rings is 2. The Hall–Kier alpha value is -2.01. The third-order valence-corrected chi connectivity index (χ3v) is 5.66. The van der Waals surface area contributed by atoms with Gasteiger partial charge in [-0.2, -0.15) is 0 Å². The van der Waals surface area contributed by atoms with Gasteiger partial charge in [0.2, 0.25) is 0 Å². The fourth-order valence-corrected chi connectivity index (χ4v) is 3.87. The van der Waals surface area contributed by atoms with Crippen molar-refractivity contribution in [2.24, 2.45) is 0 Å². The lowest BCUT2D eigenvalue weighted by Gasteiger charge is -2.21. The van der Waals surface area contributed by atoms with Gasteiger partial charge in [0.15, 0.2) is 0 Å². The Bertz CT molecular complexity index is 824. The molecule has 0 aliphatic carbocycles. The van der Waals surface area contributed by atoms with Crippen LogP contribution in [0, 0.1) is 6.92 Å². The maximum Gasteiger partial charge on any atom is 0.261 e. The molecule has 5 heteroatoms. The molecule has 0 amide bonds. The Morgan fingerprint density at radius 1 is 0.962 bits per heavy atom. The number of rotatable bonds is 7. The highest BCUT2D eigenvalue weighted by Crippen LogP contribution is 2.38. The first-order chi connectivity index (χ1) is 12.2. The van der Waals surface area contributed by atoms with Crippen molar-refractivity contribution in [3.63, 3.8) is 0 Å². The van der Waals surface area contributed by atoms with Crippen molar-refractivity contribution in [2.45, 2.75) is 58.3 Å². The molecule has 0 saturated carbocycles. The minimum absolute atomic E-state index is 0.220. The molecule has 26 heavy (non-hydrogen) atoms. The smallest absolute Gasteiger partial charge is 0.261 e. The molecule has 0 fully saturated rings. The zero-order chi connectivity index (χ0) is 19.5. The molecule has 0 bridgehead atoms. The molecule has 142 valence electrons. The molecule has 0 aliphatic heterocycles. The van der Waals surface area contributed by atoms with Crippen molar-refractivity contribution in [3.05, 3.63) is 53.1 Å². The first-order valence-electron chi connectivity index (χ1n) is 9.05. The molecule has 2 aromatic carbocycles. The number of nitrogens with one attached hydrogen (secondary N) is 1. The van der Waals surface area contributed by atoms with E-state index in [9.17, 15) is 8.42 Å². The van der Waals surface area contributed by atoms with E-state index >= 15 is 0 Å². The Kier molecular flexibility index (Phi) is 6.34. The molecule has 0 radical (unpaired) electrons. The van der Waals surface area contributed by atoms with Crippen LogP contribution in [0.15, 0.2) is 41.3 Å². The lowest BCUT2D eigenvalue weighted by molar-refractivity contribution is 0.330. The van der Waals surface area contributed by atoms with E-state index in [1.165, 1.54) is 0 Å². The Morgan fingerprint density at radius 2 is 1.46 bits per heavy atom. The van der Waals surface area contributed by atoms with E-state index in [1.54, 1.807) is 24.3 Å². The summed E-state index contributed by atoms with van der Waals surface area (Å²) in [6.45, 7) is 12.8. The summed E-state index contributed by atoms with van der Waals surface area (Å²) in [4.78, 5) is 0.258. The summed E-state index contributed by atoms with van der Waals surface area (Å²) in [7, 11) is -3.63. The summed E-state index contributed by atoms with van der Waals surface area (Å²) in [6, 6.07) is 10.6. The second-order valence-corrected chi connectivity index (χ2v) is 8.83. The van der Waals surface area contributed by atoms with Crippen LogP contribution in [0.1, 0.15) is 63.1 Å². The van der Waals surface area contributed by atoms with Gasteiger partial charge in [-0.25, -0.2) is 8.42 Å². The molecule has 0 heterocycles. The molecule has 0 spiro atoms. The standard InChI is InChI=1S/C21H29NO3S/c1-7-25-21-19(14(2)3)12-17(13-20(21)15(4)5)22-26(23,24)18-10-8-16(6)9-11-18/h8-15,22H,7H2,1-6H3. The number of sulfonamides is 1. The van der Waals surface area contributed by atoms with E-state index in [0.717, 1.165) is 22.4 Å². The van der Waals surface area contributed by atoms with Gasteiger partial charge in [0.25, 0.3) is 10.0 Å². The van der Waals surface area contributed by atoms with Gasteiger partial charge in [-0.15, -0.1) is 0 Å².